The van der Waals surface area contributed by atoms with Crippen LogP contribution in [0, 0.1) is 5.92 Å². The molecule has 3 N–H and O–H groups in total. The zero-order chi connectivity index (χ0) is 15.3. The molecule has 1 saturated carbocycles. The zero-order valence-electron chi connectivity index (χ0n) is 12.9. The molecule has 21 heavy (non-hydrogen) atoms. The molecule has 1 aliphatic rings. The van der Waals surface area contributed by atoms with Gasteiger partial charge in [0, 0.05) is 6.54 Å². The van der Waals surface area contributed by atoms with E-state index in [-0.39, 0.29) is 11.5 Å². The van der Waals surface area contributed by atoms with E-state index < -0.39 is 6.10 Å². The van der Waals surface area contributed by atoms with Crippen molar-refractivity contribution in [3.05, 3.63) is 24.2 Å². The number of rotatable bonds is 6. The van der Waals surface area contributed by atoms with Gasteiger partial charge in [0.25, 0.3) is 0 Å². The molecule has 1 fully saturated rings. The SMILES string of the molecule is CC1CCC(CN)(OC(C)C(=O)NCc2ccco2)CC1. The lowest BCUT2D eigenvalue weighted by atomic mass is 9.79. The van der Waals surface area contributed by atoms with Gasteiger partial charge in [0.1, 0.15) is 11.9 Å². The first-order valence-electron chi connectivity index (χ1n) is 7.73. The fourth-order valence-electron chi connectivity index (χ4n) is 2.82. The molecule has 0 saturated heterocycles. The van der Waals surface area contributed by atoms with Gasteiger partial charge in [0.05, 0.1) is 18.4 Å². The first kappa shape index (κ1) is 16.0. The van der Waals surface area contributed by atoms with Crippen LogP contribution in [0.3, 0.4) is 0 Å². The van der Waals surface area contributed by atoms with Gasteiger partial charge in [0.15, 0.2) is 0 Å². The van der Waals surface area contributed by atoms with E-state index >= 15 is 0 Å². The number of amides is 1. The highest BCUT2D eigenvalue weighted by Crippen LogP contribution is 2.34. The summed E-state index contributed by atoms with van der Waals surface area (Å²) >= 11 is 0. The smallest absolute Gasteiger partial charge is 0.249 e. The maximum atomic E-state index is 12.1. The first-order chi connectivity index (χ1) is 10.0. The Balaban J connectivity index is 1.84. The van der Waals surface area contributed by atoms with Gasteiger partial charge in [-0.2, -0.15) is 0 Å². The minimum absolute atomic E-state index is 0.127. The van der Waals surface area contributed by atoms with Crippen LogP contribution in [0.15, 0.2) is 22.8 Å². The van der Waals surface area contributed by atoms with Gasteiger partial charge < -0.3 is 20.2 Å². The summed E-state index contributed by atoms with van der Waals surface area (Å²) in [5.74, 6) is 1.32. The van der Waals surface area contributed by atoms with Crippen molar-refractivity contribution in [3.8, 4) is 0 Å². The van der Waals surface area contributed by atoms with Gasteiger partial charge in [-0.25, -0.2) is 0 Å². The monoisotopic (exact) mass is 294 g/mol. The molecule has 5 nitrogen and oxygen atoms in total. The quantitative estimate of drug-likeness (QED) is 0.843. The van der Waals surface area contributed by atoms with Gasteiger partial charge in [-0.3, -0.25) is 4.79 Å². The molecule has 0 bridgehead atoms. The van der Waals surface area contributed by atoms with Gasteiger partial charge in [0.2, 0.25) is 5.91 Å². The Morgan fingerprint density at radius 3 is 2.86 bits per heavy atom. The zero-order valence-corrected chi connectivity index (χ0v) is 12.9. The molecule has 0 aromatic carbocycles. The van der Waals surface area contributed by atoms with E-state index in [1.165, 1.54) is 0 Å². The molecular weight excluding hydrogens is 268 g/mol. The lowest BCUT2D eigenvalue weighted by Crippen LogP contribution is -2.49. The van der Waals surface area contributed by atoms with Crippen LogP contribution >= 0.6 is 0 Å². The fraction of sp³-hybridized carbons (Fsp3) is 0.688. The van der Waals surface area contributed by atoms with Gasteiger partial charge in [-0.15, -0.1) is 0 Å². The normalized spacial score (nSPS) is 27.3. The van der Waals surface area contributed by atoms with E-state index in [4.69, 9.17) is 14.9 Å². The van der Waals surface area contributed by atoms with Crippen LogP contribution in [-0.4, -0.2) is 24.2 Å². The summed E-state index contributed by atoms with van der Waals surface area (Å²) in [5, 5.41) is 2.83. The molecule has 1 amide bonds. The first-order valence-corrected chi connectivity index (χ1v) is 7.73. The van der Waals surface area contributed by atoms with Crippen molar-refractivity contribution < 1.29 is 13.9 Å². The second-order valence-electron chi connectivity index (χ2n) is 6.13. The van der Waals surface area contributed by atoms with Crippen molar-refractivity contribution in [2.24, 2.45) is 11.7 Å². The standard InChI is InChI=1S/C16H26N2O3/c1-12-5-7-16(11-17,8-6-12)21-13(2)15(19)18-10-14-4-3-9-20-14/h3-4,9,12-13H,5-8,10-11,17H2,1-2H3,(H,18,19). The van der Waals surface area contributed by atoms with Crippen molar-refractivity contribution in [2.45, 2.75) is 57.8 Å². The Labute approximate surface area is 126 Å². The van der Waals surface area contributed by atoms with E-state index in [0.717, 1.165) is 37.4 Å². The van der Waals surface area contributed by atoms with Crippen LogP contribution in [0.4, 0.5) is 0 Å². The molecule has 118 valence electrons. The van der Waals surface area contributed by atoms with E-state index in [2.05, 4.69) is 12.2 Å². The van der Waals surface area contributed by atoms with E-state index in [1.54, 1.807) is 19.3 Å². The molecule has 1 atom stereocenters. The van der Waals surface area contributed by atoms with Crippen LogP contribution < -0.4 is 11.1 Å². The molecule has 1 aromatic rings. The van der Waals surface area contributed by atoms with Crippen molar-refractivity contribution in [3.63, 3.8) is 0 Å². The Morgan fingerprint density at radius 2 is 2.29 bits per heavy atom. The average Bonchev–Trinajstić information content (AvgIpc) is 3.00. The highest BCUT2D eigenvalue weighted by Gasteiger charge is 2.36. The predicted molar refractivity (Wildman–Crippen MR) is 80.5 cm³/mol. The van der Waals surface area contributed by atoms with E-state index in [9.17, 15) is 4.79 Å². The third kappa shape index (κ3) is 4.32. The second kappa shape index (κ2) is 7.09. The maximum absolute atomic E-state index is 12.1. The number of carbonyl (C=O) groups is 1. The molecule has 0 radical (unpaired) electrons. The van der Waals surface area contributed by atoms with Crippen molar-refractivity contribution in [1.29, 1.82) is 0 Å². The number of hydrogen-bond donors (Lipinski definition) is 2. The summed E-state index contributed by atoms with van der Waals surface area (Å²) in [6.07, 6.45) is 5.17. The molecule has 1 heterocycles. The van der Waals surface area contributed by atoms with Crippen molar-refractivity contribution in [1.82, 2.24) is 5.32 Å². The van der Waals surface area contributed by atoms with Crippen LogP contribution in [0.25, 0.3) is 0 Å². The lowest BCUT2D eigenvalue weighted by Gasteiger charge is -2.40. The lowest BCUT2D eigenvalue weighted by molar-refractivity contribution is -0.150. The van der Waals surface area contributed by atoms with Crippen molar-refractivity contribution in [2.75, 3.05) is 6.54 Å². The summed E-state index contributed by atoms with van der Waals surface area (Å²) in [6.45, 7) is 4.88. The number of ether oxygens (including phenoxy) is 1. The minimum atomic E-state index is -0.503. The summed E-state index contributed by atoms with van der Waals surface area (Å²) in [7, 11) is 0. The van der Waals surface area contributed by atoms with Gasteiger partial charge in [-0.1, -0.05) is 6.92 Å². The predicted octanol–water partition coefficient (Wildman–Crippen LogP) is 2.21. The van der Waals surface area contributed by atoms with Crippen molar-refractivity contribution >= 4 is 5.91 Å². The third-order valence-corrected chi connectivity index (χ3v) is 4.37. The highest BCUT2D eigenvalue weighted by atomic mass is 16.5. The third-order valence-electron chi connectivity index (χ3n) is 4.37. The summed E-state index contributed by atoms with van der Waals surface area (Å²) in [5.41, 5.74) is 5.57. The molecule has 1 unspecified atom stereocenters. The fourth-order valence-corrected chi connectivity index (χ4v) is 2.82. The molecule has 1 aromatic heterocycles. The van der Waals surface area contributed by atoms with E-state index in [0.29, 0.717) is 13.1 Å². The van der Waals surface area contributed by atoms with Gasteiger partial charge >= 0.3 is 0 Å². The Kier molecular flexibility index (Phi) is 5.42. The number of hydrogen-bond acceptors (Lipinski definition) is 4. The average molecular weight is 294 g/mol. The molecule has 1 aliphatic carbocycles. The second-order valence-corrected chi connectivity index (χ2v) is 6.13. The number of carbonyl (C=O) groups excluding carboxylic acids is 1. The molecular formula is C16H26N2O3. The maximum Gasteiger partial charge on any atom is 0.249 e. The number of nitrogens with two attached hydrogens (primary N) is 1. The van der Waals surface area contributed by atoms with Gasteiger partial charge in [-0.05, 0) is 50.7 Å². The van der Waals surface area contributed by atoms with E-state index in [1.807, 2.05) is 6.07 Å². The molecule has 2 rings (SSSR count). The minimum Gasteiger partial charge on any atom is -0.467 e. The topological polar surface area (TPSA) is 77.5 Å². The highest BCUT2D eigenvalue weighted by molar-refractivity contribution is 5.80. The summed E-state index contributed by atoms with van der Waals surface area (Å²) < 4.78 is 11.2. The van der Waals surface area contributed by atoms with Crippen LogP contribution in [0.1, 0.15) is 45.3 Å². The number of nitrogens with one attached hydrogen (secondary N) is 1. The Hall–Kier alpha value is -1.33. The summed E-state index contributed by atoms with van der Waals surface area (Å²) in [4.78, 5) is 12.1. The van der Waals surface area contributed by atoms with Crippen LogP contribution in [0.2, 0.25) is 0 Å². The molecule has 0 aliphatic heterocycles. The summed E-state index contributed by atoms with van der Waals surface area (Å²) in [6, 6.07) is 3.63. The van der Waals surface area contributed by atoms with Crippen LogP contribution in [0.5, 0.6) is 0 Å². The van der Waals surface area contributed by atoms with Crippen LogP contribution in [-0.2, 0) is 16.1 Å². The Bertz CT molecular complexity index is 436. The largest absolute Gasteiger partial charge is 0.467 e. The molecule has 0 spiro atoms. The number of furan rings is 1. The Morgan fingerprint density at radius 1 is 1.57 bits per heavy atom. The molecule has 5 heteroatoms.